The average molecular weight is 442 g/mol. The molecular weight excluding hydrogens is 422 g/mol. The zero-order valence-electron chi connectivity index (χ0n) is 16.5. The smallest absolute Gasteiger partial charge is 0.478 e. The van der Waals surface area contributed by atoms with E-state index in [4.69, 9.17) is 0 Å². The van der Waals surface area contributed by atoms with Crippen molar-refractivity contribution in [3.8, 4) is 22.8 Å². The second kappa shape index (κ2) is 7.01. The van der Waals surface area contributed by atoms with Crippen LogP contribution in [0.5, 0.6) is 11.5 Å². The number of nitrogens with zero attached hydrogens (tertiary/aromatic N) is 1. The molecule has 32 heavy (non-hydrogen) atoms. The summed E-state index contributed by atoms with van der Waals surface area (Å²) in [5.74, 6) is -1.25. The number of hydrogen-bond donors (Lipinski definition) is 2. The van der Waals surface area contributed by atoms with Crippen LogP contribution in [0.15, 0.2) is 60.7 Å². The van der Waals surface area contributed by atoms with Gasteiger partial charge >= 0.3 is 12.3 Å². The fourth-order valence-corrected chi connectivity index (χ4v) is 3.73. The molecule has 2 aliphatic rings. The highest BCUT2D eigenvalue weighted by Crippen LogP contribution is 2.52. The molecule has 0 saturated heterocycles. The maximum Gasteiger partial charge on any atom is 0.586 e. The number of pyridine rings is 1. The van der Waals surface area contributed by atoms with Crippen LogP contribution in [0, 0.1) is 0 Å². The van der Waals surface area contributed by atoms with Crippen molar-refractivity contribution in [2.45, 2.75) is 24.6 Å². The minimum atomic E-state index is -3.72. The van der Waals surface area contributed by atoms with Gasteiger partial charge in [-0.1, -0.05) is 24.3 Å². The zero-order chi connectivity index (χ0) is 22.5. The minimum absolute atomic E-state index is 0. The number of aromatic carboxylic acids is 1. The number of carbonyl (C=O) groups is 2. The predicted molar refractivity (Wildman–Crippen MR) is 113 cm³/mol. The van der Waals surface area contributed by atoms with Gasteiger partial charge in [-0.25, -0.2) is 9.78 Å². The van der Waals surface area contributed by atoms with E-state index in [1.165, 1.54) is 24.3 Å². The maximum absolute atomic E-state index is 13.3. The highest BCUT2D eigenvalue weighted by atomic mass is 19.3. The number of carbonyl (C=O) groups excluding carboxylic acids is 1. The van der Waals surface area contributed by atoms with Crippen LogP contribution in [-0.2, 0) is 10.2 Å². The third-order valence-electron chi connectivity index (χ3n) is 5.53. The summed E-state index contributed by atoms with van der Waals surface area (Å²) in [6.07, 6.45) is -2.62. The van der Waals surface area contributed by atoms with Crippen molar-refractivity contribution in [1.82, 2.24) is 4.98 Å². The average Bonchev–Trinajstić information content (AvgIpc) is 3.51. The Hall–Kier alpha value is -4.01. The number of halogens is 2. The lowest BCUT2D eigenvalue weighted by Gasteiger charge is -2.16. The Balaban J connectivity index is 0.00000162. The minimum Gasteiger partial charge on any atom is -0.478 e. The van der Waals surface area contributed by atoms with Crippen molar-refractivity contribution < 1.29 is 35.8 Å². The number of nitrogens with one attached hydrogen (secondary N) is 1. The Kier molecular flexibility index (Phi) is 4.37. The van der Waals surface area contributed by atoms with Gasteiger partial charge in [0, 0.05) is 8.42 Å². The van der Waals surface area contributed by atoms with E-state index in [1.54, 1.807) is 36.4 Å². The molecular formula is C23H20F2N2O5. The molecule has 1 aliphatic heterocycles. The molecule has 0 atom stereocenters. The Morgan fingerprint density at radius 1 is 1.00 bits per heavy atom. The van der Waals surface area contributed by atoms with Crippen LogP contribution >= 0.6 is 0 Å². The van der Waals surface area contributed by atoms with Crippen molar-refractivity contribution in [3.63, 3.8) is 0 Å². The molecule has 1 amide bonds. The Labute approximate surface area is 183 Å². The van der Waals surface area contributed by atoms with Crippen molar-refractivity contribution >= 4 is 17.7 Å². The summed E-state index contributed by atoms with van der Waals surface area (Å²) in [5.41, 5.74) is 0.918. The molecule has 9 heteroatoms. The predicted octanol–water partition coefficient (Wildman–Crippen LogP) is 4.93. The number of ether oxygens (including phenoxy) is 2. The van der Waals surface area contributed by atoms with E-state index in [2.05, 4.69) is 19.8 Å². The standard InChI is InChI=1S/C23H16F2N2O5.2H2/c24-23(25)31-17-8-7-15(12-18(17)32-23)22(9-10-22)21(30)27-19-6-2-5-16(26-19)13-3-1-4-14(11-13)20(28)29;;/h1-8,11-12H,9-10H2,(H,28,29)(H,26,27,30);2*1H. The summed E-state index contributed by atoms with van der Waals surface area (Å²) in [7, 11) is 0. The van der Waals surface area contributed by atoms with E-state index in [0.717, 1.165) is 0 Å². The van der Waals surface area contributed by atoms with Crippen molar-refractivity contribution in [2.75, 3.05) is 5.32 Å². The van der Waals surface area contributed by atoms with Gasteiger partial charge in [0.15, 0.2) is 11.5 Å². The molecule has 1 aliphatic carbocycles. The van der Waals surface area contributed by atoms with Crippen LogP contribution in [0.25, 0.3) is 11.3 Å². The summed E-state index contributed by atoms with van der Waals surface area (Å²) < 4.78 is 35.5. The topological polar surface area (TPSA) is 97.8 Å². The third-order valence-corrected chi connectivity index (χ3v) is 5.53. The van der Waals surface area contributed by atoms with Gasteiger partial charge in [0.1, 0.15) is 5.82 Å². The Bertz CT molecular complexity index is 1270. The number of alkyl halides is 2. The molecule has 166 valence electrons. The summed E-state index contributed by atoms with van der Waals surface area (Å²) in [5, 5.41) is 12.0. The number of carboxylic acid groups (broad SMARTS) is 1. The summed E-state index contributed by atoms with van der Waals surface area (Å²) in [6.45, 7) is 0. The summed E-state index contributed by atoms with van der Waals surface area (Å²) in [4.78, 5) is 28.7. The molecule has 0 radical (unpaired) electrons. The largest absolute Gasteiger partial charge is 0.586 e. The monoisotopic (exact) mass is 442 g/mol. The lowest BCUT2D eigenvalue weighted by Crippen LogP contribution is -2.28. The molecule has 2 N–H and O–H groups in total. The molecule has 0 bridgehead atoms. The maximum atomic E-state index is 13.3. The quantitative estimate of drug-likeness (QED) is 0.582. The number of hydrogen-bond acceptors (Lipinski definition) is 5. The van der Waals surface area contributed by atoms with Gasteiger partial charge in [-0.3, -0.25) is 4.79 Å². The number of aromatic nitrogens is 1. The molecule has 2 aromatic carbocycles. The van der Waals surface area contributed by atoms with Gasteiger partial charge in [0.2, 0.25) is 5.91 Å². The number of rotatable bonds is 5. The van der Waals surface area contributed by atoms with Crippen molar-refractivity contribution in [2.24, 2.45) is 0 Å². The summed E-state index contributed by atoms with van der Waals surface area (Å²) >= 11 is 0. The number of fused-ring (bicyclic) bond motifs is 1. The lowest BCUT2D eigenvalue weighted by atomic mass is 9.94. The van der Waals surface area contributed by atoms with E-state index in [9.17, 15) is 23.5 Å². The van der Waals surface area contributed by atoms with Crippen LogP contribution in [-0.4, -0.2) is 28.3 Å². The SMILES string of the molecule is O=C(O)c1cccc(-c2cccc(NC(=O)C3(c4ccc5c(c4)OC(F)(F)O5)CC3)n2)c1.[HH].[HH]. The van der Waals surface area contributed by atoms with Gasteiger partial charge in [0.25, 0.3) is 0 Å². The highest BCUT2D eigenvalue weighted by Gasteiger charge is 2.52. The van der Waals surface area contributed by atoms with Crippen LogP contribution in [0.2, 0.25) is 0 Å². The Morgan fingerprint density at radius 3 is 2.50 bits per heavy atom. The molecule has 7 nitrogen and oxygen atoms in total. The van der Waals surface area contributed by atoms with Gasteiger partial charge in [-0.15, -0.1) is 8.78 Å². The molecule has 1 saturated carbocycles. The fourth-order valence-electron chi connectivity index (χ4n) is 3.73. The number of anilines is 1. The van der Waals surface area contributed by atoms with Crippen LogP contribution in [0.4, 0.5) is 14.6 Å². The van der Waals surface area contributed by atoms with Crippen LogP contribution in [0.1, 0.15) is 31.6 Å². The molecule has 0 spiro atoms. The van der Waals surface area contributed by atoms with E-state index >= 15 is 0 Å². The van der Waals surface area contributed by atoms with Gasteiger partial charge in [-0.05, 0) is 54.8 Å². The number of amides is 1. The molecule has 5 rings (SSSR count). The molecule has 0 unspecified atom stereocenters. The first kappa shape index (κ1) is 19.9. The first-order valence-corrected chi connectivity index (χ1v) is 9.78. The van der Waals surface area contributed by atoms with E-state index < -0.39 is 17.7 Å². The van der Waals surface area contributed by atoms with E-state index in [0.29, 0.717) is 35.5 Å². The lowest BCUT2D eigenvalue weighted by molar-refractivity contribution is -0.286. The van der Waals surface area contributed by atoms with E-state index in [1.807, 2.05) is 0 Å². The van der Waals surface area contributed by atoms with E-state index in [-0.39, 0.29) is 25.8 Å². The van der Waals surface area contributed by atoms with Gasteiger partial charge in [-0.2, -0.15) is 0 Å². The third kappa shape index (κ3) is 3.51. The first-order valence-electron chi connectivity index (χ1n) is 9.78. The zero-order valence-corrected chi connectivity index (χ0v) is 16.5. The second-order valence-corrected chi connectivity index (χ2v) is 7.66. The van der Waals surface area contributed by atoms with Gasteiger partial charge in [0.05, 0.1) is 16.7 Å². The fraction of sp³-hybridized carbons (Fsp3) is 0.174. The molecule has 3 aromatic rings. The van der Waals surface area contributed by atoms with Crippen molar-refractivity contribution in [3.05, 3.63) is 71.8 Å². The first-order chi connectivity index (χ1) is 15.3. The highest BCUT2D eigenvalue weighted by molar-refractivity contribution is 6.01. The summed E-state index contributed by atoms with van der Waals surface area (Å²) in [6, 6.07) is 15.7. The number of carboxylic acids is 1. The molecule has 2 heterocycles. The van der Waals surface area contributed by atoms with Crippen molar-refractivity contribution in [1.29, 1.82) is 0 Å². The molecule has 1 fully saturated rings. The second-order valence-electron chi connectivity index (χ2n) is 7.66. The molecule has 1 aromatic heterocycles. The normalized spacial score (nSPS) is 16.9. The van der Waals surface area contributed by atoms with Crippen LogP contribution in [0.3, 0.4) is 0 Å². The Morgan fingerprint density at radius 2 is 1.75 bits per heavy atom. The van der Waals surface area contributed by atoms with Gasteiger partial charge < -0.3 is 19.9 Å². The number of benzene rings is 2. The van der Waals surface area contributed by atoms with Crippen LogP contribution < -0.4 is 14.8 Å².